The SMILES string of the molecule is Cc1cc(C2=NC(C)(c3ccc(F)cc3)C(C(=O)O)=C(CN3CC(F)(F)C[C@H]3C(=O)O)N2)no1. The zero-order chi connectivity index (χ0) is 24.8. The topological polar surface area (TPSA) is 128 Å². The first-order valence-corrected chi connectivity index (χ1v) is 10.3. The van der Waals surface area contributed by atoms with Crippen LogP contribution >= 0.6 is 0 Å². The van der Waals surface area contributed by atoms with Crippen LogP contribution in [0.1, 0.15) is 30.4 Å². The van der Waals surface area contributed by atoms with Crippen molar-refractivity contribution in [3.63, 3.8) is 0 Å². The average molecular weight is 478 g/mol. The van der Waals surface area contributed by atoms with Gasteiger partial charge in [-0.1, -0.05) is 17.3 Å². The minimum atomic E-state index is -3.25. The van der Waals surface area contributed by atoms with Gasteiger partial charge in [-0.25, -0.2) is 23.0 Å². The molecule has 0 bridgehead atoms. The van der Waals surface area contributed by atoms with Crippen molar-refractivity contribution in [3.05, 3.63) is 64.4 Å². The molecule has 1 unspecified atom stereocenters. The number of likely N-dealkylation sites (tertiary alicyclic amines) is 1. The molecule has 9 nitrogen and oxygen atoms in total. The van der Waals surface area contributed by atoms with E-state index in [-0.39, 0.29) is 22.8 Å². The third kappa shape index (κ3) is 4.28. The number of amidine groups is 1. The van der Waals surface area contributed by atoms with Crippen LogP contribution in [-0.2, 0) is 15.1 Å². The molecule has 0 amide bonds. The molecule has 2 aliphatic heterocycles. The summed E-state index contributed by atoms with van der Waals surface area (Å²) in [4.78, 5) is 29.6. The number of halogens is 3. The highest BCUT2D eigenvalue weighted by atomic mass is 19.3. The van der Waals surface area contributed by atoms with Gasteiger partial charge >= 0.3 is 11.9 Å². The third-order valence-electron chi connectivity index (χ3n) is 5.90. The van der Waals surface area contributed by atoms with Crippen LogP contribution in [0.15, 0.2) is 51.1 Å². The lowest BCUT2D eigenvalue weighted by Gasteiger charge is -2.35. The largest absolute Gasteiger partial charge is 0.480 e. The van der Waals surface area contributed by atoms with Gasteiger partial charge in [-0.15, -0.1) is 0 Å². The highest BCUT2D eigenvalue weighted by Gasteiger charge is 2.50. The number of hydrogen-bond donors (Lipinski definition) is 3. The van der Waals surface area contributed by atoms with Crippen molar-refractivity contribution in [1.82, 2.24) is 15.4 Å². The molecule has 2 aromatic rings. The molecule has 180 valence electrons. The Morgan fingerprint density at radius 3 is 2.50 bits per heavy atom. The monoisotopic (exact) mass is 478 g/mol. The Balaban J connectivity index is 1.85. The number of hydrogen-bond acceptors (Lipinski definition) is 7. The second kappa shape index (κ2) is 8.28. The summed E-state index contributed by atoms with van der Waals surface area (Å²) in [7, 11) is 0. The normalized spacial score (nSPS) is 24.6. The molecule has 12 heteroatoms. The van der Waals surface area contributed by atoms with Crippen molar-refractivity contribution in [2.45, 2.75) is 37.8 Å². The summed E-state index contributed by atoms with van der Waals surface area (Å²) < 4.78 is 46.8. The molecule has 4 rings (SSSR count). The van der Waals surface area contributed by atoms with Crippen LogP contribution in [0, 0.1) is 12.7 Å². The maximum atomic E-state index is 14.1. The summed E-state index contributed by atoms with van der Waals surface area (Å²) in [6, 6.07) is 5.09. The van der Waals surface area contributed by atoms with E-state index in [0.29, 0.717) is 11.3 Å². The smallest absolute Gasteiger partial charge is 0.336 e. The number of aliphatic carboxylic acids is 2. The lowest BCUT2D eigenvalue weighted by molar-refractivity contribution is -0.142. The average Bonchev–Trinajstić information content (AvgIpc) is 3.30. The van der Waals surface area contributed by atoms with Crippen molar-refractivity contribution < 1.29 is 37.5 Å². The Morgan fingerprint density at radius 1 is 1.26 bits per heavy atom. The van der Waals surface area contributed by atoms with Gasteiger partial charge in [0.15, 0.2) is 5.84 Å². The molecule has 0 saturated carbocycles. The zero-order valence-corrected chi connectivity index (χ0v) is 18.2. The lowest BCUT2D eigenvalue weighted by Crippen LogP contribution is -2.46. The Hall–Kier alpha value is -3.67. The predicted octanol–water partition coefficient (Wildman–Crippen LogP) is 2.52. The molecular weight excluding hydrogens is 457 g/mol. The van der Waals surface area contributed by atoms with Gasteiger partial charge in [-0.3, -0.25) is 9.69 Å². The maximum Gasteiger partial charge on any atom is 0.336 e. The van der Waals surface area contributed by atoms with E-state index in [1.54, 1.807) is 13.0 Å². The lowest BCUT2D eigenvalue weighted by atomic mass is 9.82. The summed E-state index contributed by atoms with van der Waals surface area (Å²) in [5.41, 5.74) is -1.35. The van der Waals surface area contributed by atoms with E-state index in [2.05, 4.69) is 15.5 Å². The number of aryl methyl sites for hydroxylation is 1. The summed E-state index contributed by atoms with van der Waals surface area (Å²) in [6.45, 7) is 1.85. The number of aromatic nitrogens is 1. The minimum absolute atomic E-state index is 0.0334. The Morgan fingerprint density at radius 2 is 1.94 bits per heavy atom. The molecule has 1 aromatic heterocycles. The Kier molecular flexibility index (Phi) is 5.72. The van der Waals surface area contributed by atoms with Crippen LogP contribution < -0.4 is 5.32 Å². The molecule has 0 radical (unpaired) electrons. The van der Waals surface area contributed by atoms with Gasteiger partial charge in [0.2, 0.25) is 0 Å². The van der Waals surface area contributed by atoms with E-state index in [4.69, 9.17) is 4.52 Å². The van der Waals surface area contributed by atoms with Gasteiger partial charge in [0.05, 0.1) is 12.1 Å². The molecule has 0 spiro atoms. The first-order chi connectivity index (χ1) is 15.9. The number of carboxylic acids is 2. The molecule has 1 fully saturated rings. The van der Waals surface area contributed by atoms with Crippen molar-refractivity contribution >= 4 is 17.8 Å². The Labute approximate surface area is 191 Å². The summed E-state index contributed by atoms with van der Waals surface area (Å²) in [5, 5.41) is 26.3. The van der Waals surface area contributed by atoms with E-state index in [1.807, 2.05) is 0 Å². The fraction of sp³-hybridized carbons (Fsp3) is 0.364. The van der Waals surface area contributed by atoms with Crippen molar-refractivity contribution in [1.29, 1.82) is 0 Å². The molecule has 3 N–H and O–H groups in total. The number of alkyl halides is 2. The van der Waals surface area contributed by atoms with Gasteiger partial charge in [-0.2, -0.15) is 0 Å². The molecule has 1 saturated heterocycles. The van der Waals surface area contributed by atoms with E-state index in [0.717, 1.165) is 17.0 Å². The van der Waals surface area contributed by atoms with Crippen LogP contribution in [0.4, 0.5) is 13.2 Å². The van der Waals surface area contributed by atoms with E-state index >= 15 is 0 Å². The van der Waals surface area contributed by atoms with E-state index < -0.39 is 54.8 Å². The maximum absolute atomic E-state index is 14.1. The first-order valence-electron chi connectivity index (χ1n) is 10.3. The number of carbonyl (C=O) groups is 2. The number of nitrogens with one attached hydrogen (secondary N) is 1. The van der Waals surface area contributed by atoms with Gasteiger partial charge in [0.25, 0.3) is 5.92 Å². The highest BCUT2D eigenvalue weighted by Crippen LogP contribution is 2.40. The van der Waals surface area contributed by atoms with E-state index in [1.165, 1.54) is 19.1 Å². The van der Waals surface area contributed by atoms with Crippen LogP contribution in [-0.4, -0.2) is 63.1 Å². The minimum Gasteiger partial charge on any atom is -0.480 e. The van der Waals surface area contributed by atoms with Crippen molar-refractivity contribution in [3.8, 4) is 0 Å². The fourth-order valence-electron chi connectivity index (χ4n) is 4.34. The molecule has 0 aliphatic carbocycles. The number of nitrogens with zero attached hydrogens (tertiary/aromatic N) is 3. The third-order valence-corrected chi connectivity index (χ3v) is 5.90. The molecule has 1 aromatic carbocycles. The van der Waals surface area contributed by atoms with Crippen molar-refractivity contribution in [2.75, 3.05) is 13.1 Å². The fourth-order valence-corrected chi connectivity index (χ4v) is 4.34. The Bertz CT molecular complexity index is 1210. The number of aliphatic imine (C=N–C) groups is 1. The number of rotatable bonds is 6. The van der Waals surface area contributed by atoms with Gasteiger partial charge in [0.1, 0.15) is 28.9 Å². The number of carboxylic acid groups (broad SMARTS) is 2. The van der Waals surface area contributed by atoms with E-state index in [9.17, 15) is 33.0 Å². The summed E-state index contributed by atoms with van der Waals surface area (Å²) >= 11 is 0. The van der Waals surface area contributed by atoms with Crippen molar-refractivity contribution in [2.24, 2.45) is 4.99 Å². The highest BCUT2D eigenvalue weighted by molar-refractivity contribution is 6.03. The first kappa shape index (κ1) is 23.5. The number of benzene rings is 1. The van der Waals surface area contributed by atoms with Crippen LogP contribution in [0.2, 0.25) is 0 Å². The zero-order valence-electron chi connectivity index (χ0n) is 18.2. The van der Waals surface area contributed by atoms with Gasteiger partial charge in [-0.05, 0) is 31.5 Å². The van der Waals surface area contributed by atoms with Crippen LogP contribution in [0.3, 0.4) is 0 Å². The molecular formula is C22H21F3N4O5. The summed E-state index contributed by atoms with van der Waals surface area (Å²) in [6.07, 6.45) is -0.892. The standard InChI is InChI=1S/C22H21F3N4O5/c1-11-7-14(28-34-11)18-26-15(9-29-10-22(24,25)8-16(29)19(30)31)17(20(32)33)21(2,27-18)12-3-5-13(23)6-4-12/h3-7,16H,8-10H2,1-2H3,(H,26,27)(H,30,31)(H,32,33)/t16-,21?/m0/s1. The quantitative estimate of drug-likeness (QED) is 0.578. The molecule has 2 atom stereocenters. The molecule has 3 heterocycles. The second-order valence-electron chi connectivity index (χ2n) is 8.47. The predicted molar refractivity (Wildman–Crippen MR) is 112 cm³/mol. The molecule has 2 aliphatic rings. The van der Waals surface area contributed by atoms with Gasteiger partial charge < -0.3 is 20.1 Å². The second-order valence-corrected chi connectivity index (χ2v) is 8.47. The van der Waals surface area contributed by atoms with Gasteiger partial charge in [0, 0.05) is 24.7 Å². The summed E-state index contributed by atoms with van der Waals surface area (Å²) in [5.74, 6) is -6.08. The van der Waals surface area contributed by atoms with Crippen LogP contribution in [0.25, 0.3) is 0 Å². The molecule has 34 heavy (non-hydrogen) atoms. The van der Waals surface area contributed by atoms with Crippen LogP contribution in [0.5, 0.6) is 0 Å².